The lowest BCUT2D eigenvalue weighted by Crippen LogP contribution is -2.56. The van der Waals surface area contributed by atoms with Crippen molar-refractivity contribution in [1.29, 1.82) is 0 Å². The molecule has 134 valence electrons. The summed E-state index contributed by atoms with van der Waals surface area (Å²) in [4.78, 5) is 17.3. The summed E-state index contributed by atoms with van der Waals surface area (Å²) in [7, 11) is 3.53. The molecule has 0 unspecified atom stereocenters. The first kappa shape index (κ1) is 17.9. The number of carbonyl (C=O) groups excluding carboxylic acids is 1. The zero-order valence-electron chi connectivity index (χ0n) is 14.7. The van der Waals surface area contributed by atoms with Crippen LogP contribution in [-0.4, -0.2) is 68.8 Å². The van der Waals surface area contributed by atoms with Crippen LogP contribution >= 0.6 is 11.3 Å². The van der Waals surface area contributed by atoms with Crippen molar-refractivity contribution in [3.63, 3.8) is 0 Å². The zero-order chi connectivity index (χ0) is 17.0. The van der Waals surface area contributed by atoms with Gasteiger partial charge < -0.3 is 14.4 Å². The molecule has 0 spiro atoms. The maximum Gasteiger partial charge on any atom is 0.248 e. The van der Waals surface area contributed by atoms with Crippen LogP contribution in [0, 0.1) is 5.41 Å². The van der Waals surface area contributed by atoms with Crippen LogP contribution in [0.15, 0.2) is 17.5 Å². The molecule has 24 heavy (non-hydrogen) atoms. The third kappa shape index (κ3) is 4.17. The van der Waals surface area contributed by atoms with Gasteiger partial charge in [-0.25, -0.2) is 0 Å². The van der Waals surface area contributed by atoms with E-state index in [4.69, 9.17) is 9.47 Å². The Hall–Kier alpha value is -0.950. The number of fused-ring (bicyclic) bond motifs is 1. The molecule has 2 fully saturated rings. The van der Waals surface area contributed by atoms with E-state index in [0.717, 1.165) is 45.5 Å². The predicted molar refractivity (Wildman–Crippen MR) is 95.1 cm³/mol. The van der Waals surface area contributed by atoms with Crippen LogP contribution in [-0.2, 0) is 20.8 Å². The first-order valence-electron chi connectivity index (χ1n) is 8.73. The smallest absolute Gasteiger partial charge is 0.248 e. The molecule has 2 aliphatic heterocycles. The van der Waals surface area contributed by atoms with E-state index in [9.17, 15) is 4.79 Å². The summed E-state index contributed by atoms with van der Waals surface area (Å²) in [5.74, 6) is 0.0194. The molecule has 0 N–H and O–H groups in total. The lowest BCUT2D eigenvalue weighted by molar-refractivity contribution is -0.160. The van der Waals surface area contributed by atoms with Gasteiger partial charge in [0.05, 0.1) is 12.7 Å². The van der Waals surface area contributed by atoms with Gasteiger partial charge in [-0.1, -0.05) is 6.07 Å². The maximum absolute atomic E-state index is 11.8. The van der Waals surface area contributed by atoms with Crippen molar-refractivity contribution in [2.75, 3.05) is 47.0 Å². The number of amides is 1. The van der Waals surface area contributed by atoms with Gasteiger partial charge in [-0.3, -0.25) is 9.69 Å². The van der Waals surface area contributed by atoms with Gasteiger partial charge in [0.2, 0.25) is 5.91 Å². The Labute approximate surface area is 148 Å². The molecule has 1 aromatic heterocycles. The molecule has 3 rings (SSSR count). The Bertz CT molecular complexity index is 534. The minimum atomic E-state index is 0.0194. The molecule has 0 bridgehead atoms. The van der Waals surface area contributed by atoms with Crippen molar-refractivity contribution in [2.45, 2.75) is 31.9 Å². The second kappa shape index (κ2) is 7.95. The molecule has 6 heteroatoms. The molecule has 1 amide bonds. The van der Waals surface area contributed by atoms with E-state index in [1.165, 1.54) is 4.88 Å². The second-order valence-corrected chi connectivity index (χ2v) is 8.22. The van der Waals surface area contributed by atoms with Crippen molar-refractivity contribution in [3.05, 3.63) is 22.4 Å². The van der Waals surface area contributed by atoms with E-state index in [-0.39, 0.29) is 24.0 Å². The zero-order valence-corrected chi connectivity index (χ0v) is 15.5. The van der Waals surface area contributed by atoms with Crippen molar-refractivity contribution in [2.24, 2.45) is 5.41 Å². The summed E-state index contributed by atoms with van der Waals surface area (Å²) in [5.41, 5.74) is 0.0281. The minimum absolute atomic E-state index is 0.0194. The average molecular weight is 352 g/mol. The van der Waals surface area contributed by atoms with Gasteiger partial charge in [-0.2, -0.15) is 0 Å². The fourth-order valence-corrected chi connectivity index (χ4v) is 4.57. The van der Waals surface area contributed by atoms with Crippen LogP contribution in [0.25, 0.3) is 0 Å². The van der Waals surface area contributed by atoms with Crippen LogP contribution in [0.5, 0.6) is 0 Å². The first-order chi connectivity index (χ1) is 11.6. The van der Waals surface area contributed by atoms with E-state index in [1.54, 1.807) is 19.0 Å². The Morgan fingerprint density at radius 3 is 3.17 bits per heavy atom. The second-order valence-electron chi connectivity index (χ2n) is 7.19. The average Bonchev–Trinajstić information content (AvgIpc) is 3.07. The monoisotopic (exact) mass is 352 g/mol. The molecule has 3 heterocycles. The number of nitrogens with zero attached hydrogens (tertiary/aromatic N) is 2. The van der Waals surface area contributed by atoms with Gasteiger partial charge in [0.25, 0.3) is 0 Å². The molecular formula is C18H28N2O3S. The first-order valence-corrected chi connectivity index (χ1v) is 9.61. The highest BCUT2D eigenvalue weighted by Gasteiger charge is 2.46. The van der Waals surface area contributed by atoms with Crippen molar-refractivity contribution in [1.82, 2.24) is 9.80 Å². The van der Waals surface area contributed by atoms with Crippen LogP contribution in [0.3, 0.4) is 0 Å². The summed E-state index contributed by atoms with van der Waals surface area (Å²) in [5, 5.41) is 2.14. The van der Waals surface area contributed by atoms with Crippen LogP contribution in [0.2, 0.25) is 0 Å². The predicted octanol–water partition coefficient (Wildman–Crippen LogP) is 2.22. The van der Waals surface area contributed by atoms with E-state index in [2.05, 4.69) is 22.4 Å². The number of rotatable bonds is 6. The van der Waals surface area contributed by atoms with Gasteiger partial charge in [0.1, 0.15) is 6.61 Å². The molecular weight excluding hydrogens is 324 g/mol. The number of likely N-dealkylation sites (tertiary alicyclic amines) is 1. The highest BCUT2D eigenvalue weighted by atomic mass is 32.1. The lowest BCUT2D eigenvalue weighted by Gasteiger charge is -2.50. The third-order valence-corrected chi connectivity index (χ3v) is 6.00. The van der Waals surface area contributed by atoms with Crippen molar-refractivity contribution < 1.29 is 14.3 Å². The molecule has 2 atom stereocenters. The number of piperidine rings is 1. The fraction of sp³-hybridized carbons (Fsp3) is 0.722. The lowest BCUT2D eigenvalue weighted by atomic mass is 9.73. The Balaban J connectivity index is 1.62. The molecule has 0 radical (unpaired) electrons. The molecule has 0 saturated carbocycles. The Morgan fingerprint density at radius 1 is 1.54 bits per heavy atom. The summed E-state index contributed by atoms with van der Waals surface area (Å²) in [6.45, 7) is 4.69. The van der Waals surface area contributed by atoms with E-state index >= 15 is 0 Å². The van der Waals surface area contributed by atoms with Gasteiger partial charge in [-0.15, -0.1) is 11.3 Å². The van der Waals surface area contributed by atoms with Crippen molar-refractivity contribution in [3.8, 4) is 0 Å². The Kier molecular flexibility index (Phi) is 5.92. The molecule has 0 aliphatic carbocycles. The maximum atomic E-state index is 11.8. The molecule has 2 saturated heterocycles. The standard InChI is InChI=1S/C18H28N2O3S/c1-19(2)17(21)12-22-14-18-7-4-9-23-16(18)6-8-20(13-18)11-15-5-3-10-24-15/h3,5,10,16H,4,6-9,11-14H2,1-2H3/t16-,18-/m0/s1. The normalized spacial score (nSPS) is 27.7. The molecule has 5 nitrogen and oxygen atoms in total. The number of thiophene rings is 1. The number of hydrogen-bond donors (Lipinski definition) is 0. The summed E-state index contributed by atoms with van der Waals surface area (Å²) in [6.07, 6.45) is 3.51. The quantitative estimate of drug-likeness (QED) is 0.787. The van der Waals surface area contributed by atoms with Gasteiger partial charge >= 0.3 is 0 Å². The number of hydrogen-bond acceptors (Lipinski definition) is 5. The van der Waals surface area contributed by atoms with Gasteiger partial charge in [0.15, 0.2) is 0 Å². The van der Waals surface area contributed by atoms with E-state index in [1.807, 2.05) is 11.3 Å². The van der Waals surface area contributed by atoms with Crippen LogP contribution < -0.4 is 0 Å². The highest BCUT2D eigenvalue weighted by molar-refractivity contribution is 7.09. The highest BCUT2D eigenvalue weighted by Crippen LogP contribution is 2.41. The topological polar surface area (TPSA) is 42.0 Å². The van der Waals surface area contributed by atoms with E-state index < -0.39 is 0 Å². The minimum Gasteiger partial charge on any atom is -0.377 e. The molecule has 0 aromatic carbocycles. The third-order valence-electron chi connectivity index (χ3n) is 5.14. The van der Waals surface area contributed by atoms with Crippen LogP contribution in [0.1, 0.15) is 24.1 Å². The van der Waals surface area contributed by atoms with E-state index in [0.29, 0.717) is 6.61 Å². The van der Waals surface area contributed by atoms with Crippen LogP contribution in [0.4, 0.5) is 0 Å². The molecule has 1 aromatic rings. The Morgan fingerprint density at radius 2 is 2.42 bits per heavy atom. The largest absolute Gasteiger partial charge is 0.377 e. The number of ether oxygens (including phenoxy) is 2. The summed E-state index contributed by atoms with van der Waals surface area (Å²) >= 11 is 1.82. The summed E-state index contributed by atoms with van der Waals surface area (Å²) < 4.78 is 11.9. The summed E-state index contributed by atoms with van der Waals surface area (Å²) in [6, 6.07) is 4.31. The van der Waals surface area contributed by atoms with Crippen molar-refractivity contribution >= 4 is 17.2 Å². The SMILES string of the molecule is CN(C)C(=O)COC[C@@]12CCCO[C@H]1CCN(Cc1cccs1)C2. The molecule has 2 aliphatic rings. The van der Waals surface area contributed by atoms with Gasteiger partial charge in [0, 0.05) is 50.6 Å². The number of likely N-dealkylation sites (N-methyl/N-ethyl adjacent to an activating group) is 1. The number of carbonyl (C=O) groups is 1. The fourth-order valence-electron chi connectivity index (χ4n) is 3.82. The van der Waals surface area contributed by atoms with Gasteiger partial charge in [-0.05, 0) is 30.7 Å².